The molecule has 0 saturated heterocycles. The van der Waals surface area contributed by atoms with Crippen molar-refractivity contribution in [3.05, 3.63) is 72.4 Å². The molecule has 9 heteroatoms. The molecule has 0 bridgehead atoms. The lowest BCUT2D eigenvalue weighted by molar-refractivity contribution is -0.159. The zero-order valence-electron chi connectivity index (χ0n) is 25.2. The van der Waals surface area contributed by atoms with Gasteiger partial charge in [0.15, 0.2) is 0 Å². The second-order valence-corrected chi connectivity index (χ2v) is 11.3. The Bertz CT molecular complexity index is 991. The van der Waals surface area contributed by atoms with Crippen LogP contribution in [0.4, 0.5) is 0 Å². The number of carbonyl (C=O) groups excluding carboxylic acids is 1. The van der Waals surface area contributed by atoms with Crippen molar-refractivity contribution in [2.45, 2.75) is 103 Å². The third-order valence-corrected chi connectivity index (χ3v) is 7.06. The minimum Gasteiger partial charge on any atom is -0.481 e. The van der Waals surface area contributed by atoms with Crippen LogP contribution in [0.3, 0.4) is 0 Å². The molecule has 1 saturated carbocycles. The Labute approximate surface area is 249 Å². The van der Waals surface area contributed by atoms with Gasteiger partial charge in [-0.1, -0.05) is 87.1 Å². The minimum absolute atomic E-state index is 0.0993. The summed E-state index contributed by atoms with van der Waals surface area (Å²) in [4.78, 5) is 23.2. The van der Waals surface area contributed by atoms with Crippen LogP contribution in [0.25, 0.3) is 0 Å². The number of aliphatic hydroxyl groups is 5. The maximum absolute atomic E-state index is 12.1. The van der Waals surface area contributed by atoms with Gasteiger partial charge in [0.2, 0.25) is 0 Å². The summed E-state index contributed by atoms with van der Waals surface area (Å²) in [5.74, 6) is -2.23. The van der Waals surface area contributed by atoms with Gasteiger partial charge in [-0.15, -0.1) is 0 Å². The highest BCUT2D eigenvalue weighted by Gasteiger charge is 2.35. The van der Waals surface area contributed by atoms with Crippen molar-refractivity contribution >= 4 is 11.9 Å². The largest absolute Gasteiger partial charge is 0.481 e. The first-order chi connectivity index (χ1) is 19.8. The van der Waals surface area contributed by atoms with Gasteiger partial charge in [-0.3, -0.25) is 4.79 Å². The Morgan fingerprint density at radius 1 is 0.905 bits per heavy atom. The summed E-state index contributed by atoms with van der Waals surface area (Å²) < 4.78 is 5.25. The van der Waals surface area contributed by atoms with Gasteiger partial charge in [-0.05, 0) is 38.5 Å². The average Bonchev–Trinajstić information content (AvgIpc) is 2.93. The summed E-state index contributed by atoms with van der Waals surface area (Å²) in [5.41, 5.74) is 1.06. The van der Waals surface area contributed by atoms with E-state index in [4.69, 9.17) is 9.84 Å². The molecule has 42 heavy (non-hydrogen) atoms. The van der Waals surface area contributed by atoms with Crippen molar-refractivity contribution < 1.29 is 45.0 Å². The van der Waals surface area contributed by atoms with Gasteiger partial charge >= 0.3 is 11.9 Å². The number of aliphatic carboxylic acids is 1. The topological polar surface area (TPSA) is 165 Å². The summed E-state index contributed by atoms with van der Waals surface area (Å²) in [6, 6.07) is 0. The van der Waals surface area contributed by atoms with Crippen molar-refractivity contribution in [2.75, 3.05) is 0 Å². The third-order valence-electron chi connectivity index (χ3n) is 7.06. The standard InChI is InChI=1S/C33H50O9/c1-22(2)12-8-10-16-26(34)21-28(36)32(39)31(38)24(4)15-7-5-6-13-23(3)14-9-11-17-30(37)42-29-20-25(33(40)41)18-19-27(29)35/h5-8,10-13,15-17,22,24-29,31-32,34-36,38-39H,9,14,18-21H2,1-4H3,(H,40,41)/b6-5+,12-8+,15-7+,16-10+,17-11+,23-13+. The van der Waals surface area contributed by atoms with E-state index < -0.39 is 60.4 Å². The average molecular weight is 591 g/mol. The molecule has 0 aromatic heterocycles. The Morgan fingerprint density at radius 3 is 2.24 bits per heavy atom. The zero-order chi connectivity index (χ0) is 31.7. The normalized spacial score (nSPS) is 24.2. The molecule has 0 radical (unpaired) electrons. The number of ether oxygens (including phenoxy) is 1. The highest BCUT2D eigenvalue weighted by atomic mass is 16.6. The van der Waals surface area contributed by atoms with Gasteiger partial charge in [0.25, 0.3) is 0 Å². The predicted octanol–water partition coefficient (Wildman–Crippen LogP) is 3.78. The van der Waals surface area contributed by atoms with Gasteiger partial charge in [0, 0.05) is 24.8 Å². The molecule has 8 atom stereocenters. The first kappa shape index (κ1) is 37.2. The Kier molecular flexibility index (Phi) is 17.8. The number of rotatable bonds is 17. The lowest BCUT2D eigenvalue weighted by atomic mass is 9.85. The number of esters is 1. The molecule has 0 amide bonds. The van der Waals surface area contributed by atoms with Crippen LogP contribution in [0, 0.1) is 17.8 Å². The smallest absolute Gasteiger partial charge is 0.330 e. The summed E-state index contributed by atoms with van der Waals surface area (Å²) in [6.07, 6.45) is 14.3. The molecule has 6 N–H and O–H groups in total. The molecular formula is C33H50O9. The van der Waals surface area contributed by atoms with Crippen LogP contribution in [0.1, 0.15) is 66.2 Å². The molecule has 9 nitrogen and oxygen atoms in total. The number of allylic oxidation sites excluding steroid dienone is 9. The van der Waals surface area contributed by atoms with E-state index in [1.54, 1.807) is 37.3 Å². The zero-order valence-corrected chi connectivity index (χ0v) is 25.2. The molecule has 0 aliphatic heterocycles. The van der Waals surface area contributed by atoms with Crippen LogP contribution >= 0.6 is 0 Å². The second-order valence-electron chi connectivity index (χ2n) is 11.3. The number of carboxylic acids is 1. The van der Waals surface area contributed by atoms with Crippen molar-refractivity contribution in [2.24, 2.45) is 17.8 Å². The van der Waals surface area contributed by atoms with Crippen LogP contribution in [0.5, 0.6) is 0 Å². The van der Waals surface area contributed by atoms with Crippen LogP contribution in [-0.2, 0) is 14.3 Å². The van der Waals surface area contributed by atoms with Gasteiger partial charge in [0.05, 0.1) is 30.3 Å². The van der Waals surface area contributed by atoms with Crippen molar-refractivity contribution in [1.29, 1.82) is 0 Å². The molecular weight excluding hydrogens is 540 g/mol. The molecule has 0 heterocycles. The van der Waals surface area contributed by atoms with Crippen LogP contribution in [0.2, 0.25) is 0 Å². The highest BCUT2D eigenvalue weighted by Crippen LogP contribution is 2.27. The Morgan fingerprint density at radius 2 is 1.57 bits per heavy atom. The van der Waals surface area contributed by atoms with E-state index in [2.05, 4.69) is 0 Å². The first-order valence-electron chi connectivity index (χ1n) is 14.7. The molecule has 236 valence electrons. The molecule has 1 rings (SSSR count). The lowest BCUT2D eigenvalue weighted by Crippen LogP contribution is -2.41. The fourth-order valence-electron chi connectivity index (χ4n) is 4.35. The Hall–Kier alpha value is -2.82. The summed E-state index contributed by atoms with van der Waals surface area (Å²) in [6.45, 7) is 7.73. The number of hydrogen-bond acceptors (Lipinski definition) is 8. The molecule has 0 spiro atoms. The van der Waals surface area contributed by atoms with Crippen molar-refractivity contribution in [1.82, 2.24) is 0 Å². The number of hydrogen-bond donors (Lipinski definition) is 6. The van der Waals surface area contributed by atoms with E-state index in [1.165, 1.54) is 12.2 Å². The van der Waals surface area contributed by atoms with E-state index >= 15 is 0 Å². The van der Waals surface area contributed by atoms with Crippen LogP contribution in [0.15, 0.2) is 72.4 Å². The second kappa shape index (κ2) is 20.1. The third kappa shape index (κ3) is 15.4. The van der Waals surface area contributed by atoms with E-state index in [-0.39, 0.29) is 19.3 Å². The highest BCUT2D eigenvalue weighted by molar-refractivity contribution is 5.82. The number of aliphatic hydroxyl groups excluding tert-OH is 5. The molecule has 1 aliphatic carbocycles. The molecule has 1 fully saturated rings. The maximum atomic E-state index is 12.1. The molecule has 8 unspecified atom stereocenters. The molecule has 0 aromatic rings. The van der Waals surface area contributed by atoms with Crippen LogP contribution in [-0.4, -0.2) is 79.2 Å². The summed E-state index contributed by atoms with van der Waals surface area (Å²) in [5, 5.41) is 60.1. The van der Waals surface area contributed by atoms with Crippen LogP contribution < -0.4 is 0 Å². The quantitative estimate of drug-likeness (QED) is 0.0840. The fraction of sp³-hybridized carbons (Fsp3) is 0.576. The SMILES string of the molecule is C\C(=C/C=C/C=C/C(C)C(O)C(O)C(O)CC(O)/C=C/C=C/C(C)C)CC/C=C/C(=O)OC1CC(C(=O)O)CCC1O. The Balaban J connectivity index is 2.41. The van der Waals surface area contributed by atoms with E-state index in [1.807, 2.05) is 45.1 Å². The fourth-order valence-corrected chi connectivity index (χ4v) is 4.35. The van der Waals surface area contributed by atoms with Crippen molar-refractivity contribution in [3.8, 4) is 0 Å². The van der Waals surface area contributed by atoms with Gasteiger partial charge in [-0.25, -0.2) is 4.79 Å². The maximum Gasteiger partial charge on any atom is 0.330 e. The molecule has 1 aliphatic rings. The van der Waals surface area contributed by atoms with E-state index in [0.717, 1.165) is 5.57 Å². The predicted molar refractivity (Wildman–Crippen MR) is 162 cm³/mol. The van der Waals surface area contributed by atoms with E-state index in [0.29, 0.717) is 25.2 Å². The number of carbonyl (C=O) groups is 2. The summed E-state index contributed by atoms with van der Waals surface area (Å²) in [7, 11) is 0. The monoisotopic (exact) mass is 590 g/mol. The van der Waals surface area contributed by atoms with Crippen molar-refractivity contribution in [3.63, 3.8) is 0 Å². The van der Waals surface area contributed by atoms with Gasteiger partial charge < -0.3 is 35.4 Å². The van der Waals surface area contributed by atoms with E-state index in [9.17, 15) is 35.1 Å². The number of carboxylic acid groups (broad SMARTS) is 1. The first-order valence-corrected chi connectivity index (χ1v) is 14.7. The van der Waals surface area contributed by atoms with Gasteiger partial charge in [-0.2, -0.15) is 0 Å². The minimum atomic E-state index is -1.41. The molecule has 0 aromatic carbocycles. The summed E-state index contributed by atoms with van der Waals surface area (Å²) >= 11 is 0. The lowest BCUT2D eigenvalue weighted by Gasteiger charge is -2.30. The van der Waals surface area contributed by atoms with Gasteiger partial charge in [0.1, 0.15) is 12.2 Å².